The van der Waals surface area contributed by atoms with E-state index in [0.717, 1.165) is 12.1 Å². The first-order valence-electron chi connectivity index (χ1n) is 9.81. The summed E-state index contributed by atoms with van der Waals surface area (Å²) >= 11 is 11.7. The Hall–Kier alpha value is -3.03. The maximum absolute atomic E-state index is 13.6. The van der Waals surface area contributed by atoms with Crippen LogP contribution >= 0.6 is 23.2 Å². The van der Waals surface area contributed by atoms with Crippen LogP contribution in [0.2, 0.25) is 10.0 Å². The number of amides is 1. The van der Waals surface area contributed by atoms with E-state index in [1.165, 1.54) is 23.1 Å². The van der Waals surface area contributed by atoms with Gasteiger partial charge in [0.2, 0.25) is 0 Å². The number of benzene rings is 3. The Bertz CT molecular complexity index is 1230. The summed E-state index contributed by atoms with van der Waals surface area (Å²) < 4.78 is 40.7. The van der Waals surface area contributed by atoms with Crippen molar-refractivity contribution in [2.24, 2.45) is 0 Å². The Morgan fingerprint density at radius 1 is 1.00 bits per heavy atom. The summed E-state index contributed by atoms with van der Waals surface area (Å²) in [5.41, 5.74) is 0.0155. The molecule has 9 heteroatoms. The van der Waals surface area contributed by atoms with Crippen LogP contribution in [0.15, 0.2) is 66.7 Å². The summed E-state index contributed by atoms with van der Waals surface area (Å²) in [7, 11) is 0. The topological polar surface area (TPSA) is 57.6 Å². The van der Waals surface area contributed by atoms with Crippen molar-refractivity contribution < 1.29 is 27.9 Å². The van der Waals surface area contributed by atoms with Gasteiger partial charge >= 0.3 is 12.1 Å². The van der Waals surface area contributed by atoms with Gasteiger partial charge in [-0.15, -0.1) is 0 Å². The monoisotopic (exact) mass is 493 g/mol. The van der Waals surface area contributed by atoms with E-state index in [2.05, 4.69) is 0 Å². The van der Waals surface area contributed by atoms with Gasteiger partial charge < -0.3 is 10.0 Å². The van der Waals surface area contributed by atoms with Crippen molar-refractivity contribution >= 4 is 35.1 Å². The minimum Gasteiger partial charge on any atom is -0.481 e. The molecule has 1 N–H and O–H groups in total. The minimum absolute atomic E-state index is 0.0240. The number of fused-ring (bicyclic) bond motifs is 1. The molecule has 2 unspecified atom stereocenters. The van der Waals surface area contributed by atoms with Gasteiger partial charge in [-0.3, -0.25) is 9.59 Å². The Morgan fingerprint density at radius 3 is 2.30 bits per heavy atom. The predicted octanol–water partition coefficient (Wildman–Crippen LogP) is 6.58. The van der Waals surface area contributed by atoms with E-state index in [-0.39, 0.29) is 23.2 Å². The first kappa shape index (κ1) is 23.1. The van der Waals surface area contributed by atoms with E-state index in [1.807, 2.05) is 0 Å². The molecule has 1 heterocycles. The molecular formula is C24H16Cl2F3NO3. The summed E-state index contributed by atoms with van der Waals surface area (Å²) in [6, 6.07) is 14.8. The fourth-order valence-corrected chi connectivity index (χ4v) is 4.49. The van der Waals surface area contributed by atoms with Gasteiger partial charge in [0, 0.05) is 17.1 Å². The first-order chi connectivity index (χ1) is 15.6. The predicted molar refractivity (Wildman–Crippen MR) is 117 cm³/mol. The average Bonchev–Trinajstić information content (AvgIpc) is 2.76. The molecule has 1 amide bonds. The highest BCUT2D eigenvalue weighted by atomic mass is 35.5. The zero-order chi connectivity index (χ0) is 23.9. The maximum Gasteiger partial charge on any atom is 0.417 e. The van der Waals surface area contributed by atoms with Crippen LogP contribution in [0.3, 0.4) is 0 Å². The number of hydrogen-bond acceptors (Lipinski definition) is 2. The number of carboxylic acids is 1. The van der Waals surface area contributed by atoms with Crippen LogP contribution in [0.25, 0.3) is 0 Å². The molecule has 0 bridgehead atoms. The van der Waals surface area contributed by atoms with Gasteiger partial charge in [0.25, 0.3) is 5.91 Å². The second kappa shape index (κ2) is 8.72. The Morgan fingerprint density at radius 2 is 1.67 bits per heavy atom. The molecule has 3 aromatic carbocycles. The van der Waals surface area contributed by atoms with Crippen molar-refractivity contribution in [3.8, 4) is 0 Å². The smallest absolute Gasteiger partial charge is 0.417 e. The van der Waals surface area contributed by atoms with Gasteiger partial charge in [-0.1, -0.05) is 59.6 Å². The van der Waals surface area contributed by atoms with Gasteiger partial charge in [-0.05, 0) is 47.0 Å². The molecule has 2 atom stereocenters. The summed E-state index contributed by atoms with van der Waals surface area (Å²) in [5, 5.41) is 10.1. The fraction of sp³-hybridized carbons (Fsp3) is 0.167. The number of rotatable bonds is 4. The number of carbonyl (C=O) groups is 2. The number of alkyl halides is 3. The number of carbonyl (C=O) groups excluding carboxylic acids is 1. The largest absolute Gasteiger partial charge is 0.481 e. The van der Waals surface area contributed by atoms with Gasteiger partial charge in [-0.2, -0.15) is 13.2 Å². The van der Waals surface area contributed by atoms with Crippen LogP contribution in [0.1, 0.15) is 44.6 Å². The molecular weight excluding hydrogens is 478 g/mol. The van der Waals surface area contributed by atoms with Crippen LogP contribution in [0, 0.1) is 0 Å². The third kappa shape index (κ3) is 4.43. The van der Waals surface area contributed by atoms with E-state index in [9.17, 15) is 27.9 Å². The van der Waals surface area contributed by atoms with E-state index in [0.29, 0.717) is 10.6 Å². The maximum atomic E-state index is 13.6. The van der Waals surface area contributed by atoms with Crippen molar-refractivity contribution in [3.63, 3.8) is 0 Å². The lowest BCUT2D eigenvalue weighted by atomic mass is 9.79. The van der Waals surface area contributed by atoms with Gasteiger partial charge in [0.1, 0.15) is 5.92 Å². The van der Waals surface area contributed by atoms with Crippen molar-refractivity contribution in [2.75, 3.05) is 0 Å². The lowest BCUT2D eigenvalue weighted by Crippen LogP contribution is -2.44. The summed E-state index contributed by atoms with van der Waals surface area (Å²) in [5.74, 6) is -3.02. The van der Waals surface area contributed by atoms with Crippen LogP contribution in [0.5, 0.6) is 0 Å². The lowest BCUT2D eigenvalue weighted by Gasteiger charge is -2.41. The highest BCUT2D eigenvalue weighted by Gasteiger charge is 2.45. The summed E-state index contributed by atoms with van der Waals surface area (Å²) in [4.78, 5) is 27.1. The lowest BCUT2D eigenvalue weighted by molar-refractivity contribution is -0.140. The molecule has 0 saturated heterocycles. The quantitative estimate of drug-likeness (QED) is 0.446. The van der Waals surface area contributed by atoms with Gasteiger partial charge in [0.05, 0.1) is 16.6 Å². The van der Waals surface area contributed by atoms with Gasteiger partial charge in [-0.25, -0.2) is 0 Å². The molecule has 3 aromatic rings. The molecule has 0 saturated carbocycles. The van der Waals surface area contributed by atoms with Crippen LogP contribution in [0.4, 0.5) is 13.2 Å². The molecule has 0 fully saturated rings. The molecule has 4 rings (SSSR count). The zero-order valence-electron chi connectivity index (χ0n) is 16.8. The molecule has 33 heavy (non-hydrogen) atoms. The minimum atomic E-state index is -4.75. The summed E-state index contributed by atoms with van der Waals surface area (Å²) in [6.45, 7) is -0.0250. The third-order valence-corrected chi connectivity index (χ3v) is 6.19. The second-order valence-electron chi connectivity index (χ2n) is 7.64. The molecule has 0 aliphatic carbocycles. The fourth-order valence-electron chi connectivity index (χ4n) is 4.14. The van der Waals surface area contributed by atoms with Crippen molar-refractivity contribution in [2.45, 2.75) is 24.7 Å². The van der Waals surface area contributed by atoms with Crippen LogP contribution < -0.4 is 0 Å². The van der Waals surface area contributed by atoms with E-state index < -0.39 is 40.6 Å². The van der Waals surface area contributed by atoms with Crippen LogP contribution in [-0.4, -0.2) is 21.9 Å². The molecule has 0 spiro atoms. The van der Waals surface area contributed by atoms with Gasteiger partial charge in [0.15, 0.2) is 0 Å². The molecule has 170 valence electrons. The Balaban J connectivity index is 1.92. The second-order valence-corrected chi connectivity index (χ2v) is 8.49. The molecule has 0 radical (unpaired) electrons. The number of halogens is 5. The highest BCUT2D eigenvalue weighted by molar-refractivity contribution is 6.31. The Labute approximate surface area is 197 Å². The standard InChI is InChI=1S/C24H16Cl2F3NO3/c25-15-8-5-13(6-9-15)12-30-21(14-7-10-19(26)18(11-14)24(27,28)29)20(23(32)33)16-3-1-2-4-17(16)22(30)31/h1-11,20-21H,12H2,(H,32,33). The molecule has 1 aliphatic heterocycles. The Kier molecular flexibility index (Phi) is 6.12. The number of aliphatic carboxylic acids is 1. The first-order valence-corrected chi connectivity index (χ1v) is 10.6. The molecule has 1 aliphatic rings. The number of nitrogens with zero attached hydrogens (tertiary/aromatic N) is 1. The van der Waals surface area contributed by atoms with Crippen molar-refractivity contribution in [1.82, 2.24) is 4.90 Å². The SMILES string of the molecule is O=C(O)C1c2ccccc2C(=O)N(Cc2ccc(Cl)cc2)C1c1ccc(Cl)c(C(F)(F)F)c1. The van der Waals surface area contributed by atoms with E-state index >= 15 is 0 Å². The van der Waals surface area contributed by atoms with Crippen molar-refractivity contribution in [1.29, 1.82) is 0 Å². The summed E-state index contributed by atoms with van der Waals surface area (Å²) in [6.07, 6.45) is -4.75. The van der Waals surface area contributed by atoms with Crippen LogP contribution in [-0.2, 0) is 17.5 Å². The van der Waals surface area contributed by atoms with E-state index in [4.69, 9.17) is 23.2 Å². The number of carboxylic acid groups (broad SMARTS) is 1. The van der Waals surface area contributed by atoms with E-state index in [1.54, 1.807) is 36.4 Å². The highest BCUT2D eigenvalue weighted by Crippen LogP contribution is 2.45. The average molecular weight is 494 g/mol. The zero-order valence-corrected chi connectivity index (χ0v) is 18.3. The normalized spacial score (nSPS) is 18.2. The number of hydrogen-bond donors (Lipinski definition) is 1. The molecule has 4 nitrogen and oxygen atoms in total. The molecule has 0 aromatic heterocycles. The van der Waals surface area contributed by atoms with Crippen molar-refractivity contribution in [3.05, 3.63) is 105 Å². The third-order valence-electron chi connectivity index (χ3n) is 5.61.